The molecule has 4 rings (SSSR count). The second kappa shape index (κ2) is 8.83. The van der Waals surface area contributed by atoms with Gasteiger partial charge in [-0.1, -0.05) is 17.7 Å². The number of fused-ring (bicyclic) bond motifs is 2. The first-order valence-electron chi connectivity index (χ1n) is 10.7. The number of piperazine rings is 1. The number of ether oxygens (including phenoxy) is 3. The number of amides is 2. The molecule has 1 atom stereocenters. The van der Waals surface area contributed by atoms with Crippen molar-refractivity contribution in [3.63, 3.8) is 0 Å². The van der Waals surface area contributed by atoms with Gasteiger partial charge in [0.05, 0.1) is 18.7 Å². The van der Waals surface area contributed by atoms with Crippen LogP contribution < -0.4 is 9.47 Å². The summed E-state index contributed by atoms with van der Waals surface area (Å²) in [7, 11) is 1.32. The summed E-state index contributed by atoms with van der Waals surface area (Å²) in [5, 5.41) is 10.1. The van der Waals surface area contributed by atoms with Crippen LogP contribution in [0.15, 0.2) is 18.2 Å². The lowest BCUT2D eigenvalue weighted by molar-refractivity contribution is 0.000913. The molecule has 182 valence electrons. The quantitative estimate of drug-likeness (QED) is 0.680. The number of carbonyl (C=O) groups excluding carboxylic acids is 2. The minimum absolute atomic E-state index is 0.000275. The number of nitrogens with zero attached hydrogens (tertiary/aromatic N) is 3. The molecule has 9 nitrogen and oxygen atoms in total. The first kappa shape index (κ1) is 23.9. The number of aromatic hydroxyl groups is 1. The van der Waals surface area contributed by atoms with E-state index in [4.69, 9.17) is 25.8 Å². The van der Waals surface area contributed by atoms with Crippen LogP contribution in [0.3, 0.4) is 0 Å². The zero-order valence-corrected chi connectivity index (χ0v) is 20.0. The molecule has 1 aromatic heterocycles. The number of phenols is 1. The summed E-state index contributed by atoms with van der Waals surface area (Å²) < 4.78 is 31.3. The summed E-state index contributed by atoms with van der Waals surface area (Å²) in [5.74, 6) is -1.69. The Morgan fingerprint density at radius 1 is 1.29 bits per heavy atom. The van der Waals surface area contributed by atoms with E-state index in [0.717, 1.165) is 6.07 Å². The lowest BCUT2D eigenvalue weighted by Gasteiger charge is -2.40. The van der Waals surface area contributed by atoms with Gasteiger partial charge in [0.1, 0.15) is 40.1 Å². The van der Waals surface area contributed by atoms with Gasteiger partial charge in [0.2, 0.25) is 5.88 Å². The molecule has 0 unspecified atom stereocenters. The average Bonchev–Trinajstić information content (AvgIpc) is 2.91. The SMILES string of the molecule is COc1nc(-c2c(O)cccc2F)c(Cl)c2c1C(=O)N1CCN(C(=O)OC(C)(C)C)C[C@@H]1CO2. The molecule has 11 heteroatoms. The van der Waals surface area contributed by atoms with Crippen LogP contribution in [0.4, 0.5) is 9.18 Å². The van der Waals surface area contributed by atoms with Gasteiger partial charge in [-0.25, -0.2) is 14.2 Å². The number of halogens is 2. The van der Waals surface area contributed by atoms with Gasteiger partial charge in [0.25, 0.3) is 5.91 Å². The highest BCUT2D eigenvalue weighted by atomic mass is 35.5. The number of aromatic nitrogens is 1. The first-order valence-corrected chi connectivity index (χ1v) is 11.1. The molecule has 3 heterocycles. The van der Waals surface area contributed by atoms with E-state index in [1.165, 1.54) is 24.1 Å². The van der Waals surface area contributed by atoms with Crippen LogP contribution in [0.1, 0.15) is 31.1 Å². The topological polar surface area (TPSA) is 101 Å². The van der Waals surface area contributed by atoms with E-state index in [-0.39, 0.29) is 65.5 Å². The Hall–Kier alpha value is -3.27. The minimum Gasteiger partial charge on any atom is -0.507 e. The van der Waals surface area contributed by atoms with Crippen molar-refractivity contribution >= 4 is 23.6 Å². The van der Waals surface area contributed by atoms with Gasteiger partial charge < -0.3 is 29.1 Å². The van der Waals surface area contributed by atoms with E-state index >= 15 is 0 Å². The number of rotatable bonds is 2. The molecule has 2 aromatic rings. The zero-order valence-electron chi connectivity index (χ0n) is 19.2. The Kier molecular flexibility index (Phi) is 6.20. The molecule has 1 fully saturated rings. The number of hydrogen-bond donors (Lipinski definition) is 1. The molecule has 34 heavy (non-hydrogen) atoms. The Morgan fingerprint density at radius 3 is 2.68 bits per heavy atom. The molecule has 0 radical (unpaired) electrons. The van der Waals surface area contributed by atoms with Crippen LogP contribution >= 0.6 is 11.6 Å². The van der Waals surface area contributed by atoms with E-state index in [2.05, 4.69) is 4.98 Å². The minimum atomic E-state index is -0.748. The molecular formula is C23H25ClFN3O6. The summed E-state index contributed by atoms with van der Waals surface area (Å²) in [6.45, 7) is 6.07. The summed E-state index contributed by atoms with van der Waals surface area (Å²) in [4.78, 5) is 33.4. The highest BCUT2D eigenvalue weighted by Gasteiger charge is 2.41. The zero-order chi connectivity index (χ0) is 24.8. The van der Waals surface area contributed by atoms with Gasteiger partial charge in [0, 0.05) is 19.6 Å². The molecule has 0 aliphatic carbocycles. The van der Waals surface area contributed by atoms with E-state index in [9.17, 15) is 19.1 Å². The van der Waals surface area contributed by atoms with Crippen molar-refractivity contribution in [1.82, 2.24) is 14.8 Å². The maximum atomic E-state index is 14.6. The maximum Gasteiger partial charge on any atom is 0.410 e. The van der Waals surface area contributed by atoms with Crippen molar-refractivity contribution in [2.45, 2.75) is 32.4 Å². The fraction of sp³-hybridized carbons (Fsp3) is 0.435. The molecule has 2 aliphatic heterocycles. The lowest BCUT2D eigenvalue weighted by atomic mass is 10.1. The van der Waals surface area contributed by atoms with E-state index in [1.54, 1.807) is 25.7 Å². The molecule has 2 aliphatic rings. The number of phenolic OH excluding ortho intramolecular Hbond substituents is 1. The van der Waals surface area contributed by atoms with Crippen molar-refractivity contribution in [1.29, 1.82) is 0 Å². The van der Waals surface area contributed by atoms with Gasteiger partial charge in [0.15, 0.2) is 5.75 Å². The third-order valence-corrected chi connectivity index (χ3v) is 5.86. The number of pyridine rings is 1. The van der Waals surface area contributed by atoms with Gasteiger partial charge in [-0.2, -0.15) is 0 Å². The molecule has 2 amide bonds. The number of hydrogen-bond acceptors (Lipinski definition) is 7. The van der Waals surface area contributed by atoms with Gasteiger partial charge >= 0.3 is 6.09 Å². The smallest absolute Gasteiger partial charge is 0.410 e. The lowest BCUT2D eigenvalue weighted by Crippen LogP contribution is -2.58. The molecular weight excluding hydrogens is 469 g/mol. The molecule has 0 bridgehead atoms. The molecule has 1 N–H and O–H groups in total. The highest BCUT2D eigenvalue weighted by Crippen LogP contribution is 2.45. The predicted molar refractivity (Wildman–Crippen MR) is 121 cm³/mol. The predicted octanol–water partition coefficient (Wildman–Crippen LogP) is 3.71. The fourth-order valence-electron chi connectivity index (χ4n) is 3.99. The third-order valence-electron chi connectivity index (χ3n) is 5.51. The van der Waals surface area contributed by atoms with Crippen molar-refractivity contribution in [2.75, 3.05) is 33.4 Å². The number of methoxy groups -OCH3 is 1. The Morgan fingerprint density at radius 2 is 2.03 bits per heavy atom. The number of benzene rings is 1. The Bertz CT molecular complexity index is 1130. The molecule has 1 aromatic carbocycles. The van der Waals surface area contributed by atoms with E-state index in [1.807, 2.05) is 0 Å². The van der Waals surface area contributed by atoms with Gasteiger partial charge in [-0.3, -0.25) is 4.79 Å². The van der Waals surface area contributed by atoms with Crippen LogP contribution in [0.5, 0.6) is 17.4 Å². The van der Waals surface area contributed by atoms with Crippen LogP contribution in [-0.2, 0) is 4.74 Å². The van der Waals surface area contributed by atoms with E-state index < -0.39 is 29.5 Å². The van der Waals surface area contributed by atoms with Crippen molar-refractivity contribution < 1.29 is 33.3 Å². The van der Waals surface area contributed by atoms with Crippen LogP contribution in [-0.4, -0.2) is 76.9 Å². The maximum absolute atomic E-state index is 14.6. The third kappa shape index (κ3) is 4.29. The van der Waals surface area contributed by atoms with E-state index in [0.29, 0.717) is 0 Å². The molecule has 0 spiro atoms. The summed E-state index contributed by atoms with van der Waals surface area (Å²) >= 11 is 6.55. The van der Waals surface area contributed by atoms with Crippen molar-refractivity contribution in [3.8, 4) is 28.6 Å². The molecule has 0 saturated carbocycles. The second-order valence-electron chi connectivity index (χ2n) is 9.01. The summed E-state index contributed by atoms with van der Waals surface area (Å²) in [6.07, 6.45) is -0.476. The van der Waals surface area contributed by atoms with Crippen molar-refractivity contribution in [3.05, 3.63) is 34.6 Å². The van der Waals surface area contributed by atoms with Crippen molar-refractivity contribution in [2.24, 2.45) is 0 Å². The van der Waals surface area contributed by atoms with Gasteiger partial charge in [-0.05, 0) is 32.9 Å². The summed E-state index contributed by atoms with van der Waals surface area (Å²) in [5.41, 5.74) is -1.000. The van der Waals surface area contributed by atoms with Crippen LogP contribution in [0.25, 0.3) is 11.3 Å². The Balaban J connectivity index is 1.71. The fourth-order valence-corrected chi connectivity index (χ4v) is 4.27. The normalized spacial score (nSPS) is 17.9. The van der Waals surface area contributed by atoms with Gasteiger partial charge in [-0.15, -0.1) is 0 Å². The molecule has 1 saturated heterocycles. The van der Waals surface area contributed by atoms with Crippen LogP contribution in [0.2, 0.25) is 5.02 Å². The summed E-state index contributed by atoms with van der Waals surface area (Å²) in [6, 6.07) is 3.32. The Labute approximate surface area is 201 Å². The number of carbonyl (C=O) groups is 2. The highest BCUT2D eigenvalue weighted by molar-refractivity contribution is 6.35. The first-order chi connectivity index (χ1) is 16.0. The second-order valence-corrected chi connectivity index (χ2v) is 9.39. The monoisotopic (exact) mass is 493 g/mol. The average molecular weight is 494 g/mol. The van der Waals surface area contributed by atoms with Crippen LogP contribution in [0, 0.1) is 5.82 Å². The largest absolute Gasteiger partial charge is 0.507 e. The standard InChI is InChI=1S/C23H25ClFN3O6/c1-23(2,3)34-22(31)27-8-9-28-12(10-27)11-33-19-16(21(28)30)20(32-4)26-18(17(19)24)15-13(25)6-5-7-14(15)29/h5-7,12,29H,8-11H2,1-4H3/t12-/m1/s1.